The molecule has 2 rings (SSSR count). The molecule has 0 aliphatic carbocycles. The summed E-state index contributed by atoms with van der Waals surface area (Å²) in [6.45, 7) is 4.89. The molecular weight excluding hydrogens is 260 g/mol. The summed E-state index contributed by atoms with van der Waals surface area (Å²) in [5, 5.41) is 9.19. The second-order valence-electron chi connectivity index (χ2n) is 5.51. The van der Waals surface area contributed by atoms with Gasteiger partial charge >= 0.3 is 0 Å². The van der Waals surface area contributed by atoms with Gasteiger partial charge in [0.15, 0.2) is 0 Å². The third kappa shape index (κ3) is 4.61. The number of rotatable bonds is 7. The quantitative estimate of drug-likeness (QED) is 0.772. The Labute approximate surface area is 127 Å². The molecule has 0 heterocycles. The monoisotopic (exact) mass is 284 g/mol. The molecule has 2 nitrogen and oxygen atoms in total. The Balaban J connectivity index is 1.79. The van der Waals surface area contributed by atoms with Crippen LogP contribution in [0.25, 0.3) is 0 Å². The molecule has 2 aromatic rings. The Hall–Kier alpha value is -1.80. The van der Waals surface area contributed by atoms with Crippen molar-refractivity contribution < 1.29 is 9.84 Å². The first-order chi connectivity index (χ1) is 10.2. The zero-order valence-corrected chi connectivity index (χ0v) is 12.9. The van der Waals surface area contributed by atoms with Gasteiger partial charge in [-0.1, -0.05) is 42.5 Å². The van der Waals surface area contributed by atoms with Gasteiger partial charge in [0, 0.05) is 0 Å². The topological polar surface area (TPSA) is 29.5 Å². The van der Waals surface area contributed by atoms with Crippen molar-refractivity contribution in [2.24, 2.45) is 0 Å². The zero-order chi connectivity index (χ0) is 15.1. The zero-order valence-electron chi connectivity index (χ0n) is 12.9. The van der Waals surface area contributed by atoms with E-state index in [1.54, 1.807) is 0 Å². The van der Waals surface area contributed by atoms with Crippen molar-refractivity contribution in [1.29, 1.82) is 0 Å². The lowest BCUT2D eigenvalue weighted by molar-refractivity contribution is 0.280. The second-order valence-corrected chi connectivity index (χ2v) is 5.51. The van der Waals surface area contributed by atoms with Gasteiger partial charge in [0.1, 0.15) is 5.75 Å². The van der Waals surface area contributed by atoms with E-state index in [1.165, 1.54) is 5.56 Å². The first-order valence-corrected chi connectivity index (χ1v) is 7.58. The molecule has 0 saturated carbocycles. The molecule has 0 fully saturated rings. The number of aliphatic hydroxyl groups is 1. The van der Waals surface area contributed by atoms with Gasteiger partial charge < -0.3 is 9.84 Å². The maximum absolute atomic E-state index is 9.19. The van der Waals surface area contributed by atoms with E-state index < -0.39 is 0 Å². The van der Waals surface area contributed by atoms with E-state index in [0.29, 0.717) is 0 Å². The van der Waals surface area contributed by atoms with Crippen molar-refractivity contribution in [1.82, 2.24) is 0 Å². The molecular formula is C19H24O2. The van der Waals surface area contributed by atoms with Crippen molar-refractivity contribution in [3.8, 4) is 5.75 Å². The molecule has 21 heavy (non-hydrogen) atoms. The van der Waals surface area contributed by atoms with Gasteiger partial charge in [-0.05, 0) is 55.4 Å². The van der Waals surface area contributed by atoms with E-state index in [1.807, 2.05) is 32.0 Å². The fourth-order valence-corrected chi connectivity index (χ4v) is 2.61. The van der Waals surface area contributed by atoms with Crippen molar-refractivity contribution in [2.45, 2.75) is 39.7 Å². The van der Waals surface area contributed by atoms with Gasteiger partial charge in [-0.2, -0.15) is 0 Å². The Bertz CT molecular complexity index is 538. The number of unbranched alkanes of at least 4 members (excludes halogenated alkanes) is 1. The molecule has 2 heteroatoms. The predicted molar refractivity (Wildman–Crippen MR) is 86.7 cm³/mol. The maximum atomic E-state index is 9.19. The van der Waals surface area contributed by atoms with E-state index in [-0.39, 0.29) is 6.61 Å². The Morgan fingerprint density at radius 1 is 0.905 bits per heavy atom. The fourth-order valence-electron chi connectivity index (χ4n) is 2.61. The lowest BCUT2D eigenvalue weighted by Crippen LogP contribution is -2.02. The maximum Gasteiger partial charge on any atom is 0.125 e. The standard InChI is InChI=1S/C19H24O2/c1-15-12-18(14-20)13-16(2)19(15)21-11-7-6-10-17-8-4-3-5-9-17/h3-5,8-9,12-13,20H,6-7,10-11,14H2,1-2H3. The van der Waals surface area contributed by atoms with Gasteiger partial charge in [-0.3, -0.25) is 0 Å². The largest absolute Gasteiger partial charge is 0.493 e. The molecule has 0 bridgehead atoms. The summed E-state index contributed by atoms with van der Waals surface area (Å²) in [6, 6.07) is 14.5. The molecule has 0 saturated heterocycles. The normalized spacial score (nSPS) is 10.6. The van der Waals surface area contributed by atoms with E-state index in [4.69, 9.17) is 4.74 Å². The third-order valence-corrected chi connectivity index (χ3v) is 3.65. The number of ether oxygens (including phenoxy) is 1. The molecule has 0 aliphatic heterocycles. The van der Waals surface area contributed by atoms with Crippen LogP contribution in [0.3, 0.4) is 0 Å². The van der Waals surface area contributed by atoms with Crippen LogP contribution in [0.5, 0.6) is 5.75 Å². The summed E-state index contributed by atoms with van der Waals surface area (Å²) in [7, 11) is 0. The Morgan fingerprint density at radius 2 is 1.57 bits per heavy atom. The highest BCUT2D eigenvalue weighted by atomic mass is 16.5. The van der Waals surface area contributed by atoms with E-state index in [0.717, 1.165) is 48.3 Å². The Morgan fingerprint density at radius 3 is 2.19 bits per heavy atom. The van der Waals surface area contributed by atoms with Crippen LogP contribution in [-0.4, -0.2) is 11.7 Å². The summed E-state index contributed by atoms with van der Waals surface area (Å²) in [6.07, 6.45) is 3.29. The number of aliphatic hydroxyl groups excluding tert-OH is 1. The molecule has 0 radical (unpaired) electrons. The highest BCUT2D eigenvalue weighted by Crippen LogP contribution is 2.25. The summed E-state index contributed by atoms with van der Waals surface area (Å²) in [4.78, 5) is 0. The summed E-state index contributed by atoms with van der Waals surface area (Å²) < 4.78 is 5.92. The van der Waals surface area contributed by atoms with Crippen LogP contribution >= 0.6 is 0 Å². The van der Waals surface area contributed by atoms with Crippen LogP contribution < -0.4 is 4.74 Å². The fraction of sp³-hybridized carbons (Fsp3) is 0.368. The van der Waals surface area contributed by atoms with Crippen molar-refractivity contribution >= 4 is 0 Å². The molecule has 0 amide bonds. The molecule has 2 aromatic carbocycles. The van der Waals surface area contributed by atoms with Crippen LogP contribution in [0.1, 0.15) is 35.1 Å². The predicted octanol–water partition coefficient (Wildman–Crippen LogP) is 4.20. The van der Waals surface area contributed by atoms with Crippen LogP contribution in [0.4, 0.5) is 0 Å². The van der Waals surface area contributed by atoms with Crippen LogP contribution in [0, 0.1) is 13.8 Å². The molecule has 0 unspecified atom stereocenters. The van der Waals surface area contributed by atoms with Crippen molar-refractivity contribution in [2.75, 3.05) is 6.61 Å². The lowest BCUT2D eigenvalue weighted by Gasteiger charge is -2.13. The minimum absolute atomic E-state index is 0.0824. The lowest BCUT2D eigenvalue weighted by atomic mass is 10.1. The van der Waals surface area contributed by atoms with E-state index >= 15 is 0 Å². The average molecular weight is 284 g/mol. The molecule has 0 aromatic heterocycles. The van der Waals surface area contributed by atoms with Gasteiger partial charge in [-0.25, -0.2) is 0 Å². The van der Waals surface area contributed by atoms with Crippen molar-refractivity contribution in [3.63, 3.8) is 0 Å². The van der Waals surface area contributed by atoms with Gasteiger partial charge in [-0.15, -0.1) is 0 Å². The van der Waals surface area contributed by atoms with Crippen LogP contribution in [0.15, 0.2) is 42.5 Å². The third-order valence-electron chi connectivity index (χ3n) is 3.65. The summed E-state index contributed by atoms with van der Waals surface area (Å²) >= 11 is 0. The molecule has 112 valence electrons. The smallest absolute Gasteiger partial charge is 0.125 e. The number of hydrogen-bond donors (Lipinski definition) is 1. The minimum Gasteiger partial charge on any atom is -0.493 e. The van der Waals surface area contributed by atoms with E-state index in [2.05, 4.69) is 24.3 Å². The number of benzene rings is 2. The highest BCUT2D eigenvalue weighted by molar-refractivity contribution is 5.43. The van der Waals surface area contributed by atoms with Crippen LogP contribution in [-0.2, 0) is 13.0 Å². The summed E-state index contributed by atoms with van der Waals surface area (Å²) in [5.41, 5.74) is 4.53. The first-order valence-electron chi connectivity index (χ1n) is 7.58. The van der Waals surface area contributed by atoms with Crippen LogP contribution in [0.2, 0.25) is 0 Å². The SMILES string of the molecule is Cc1cc(CO)cc(C)c1OCCCCc1ccccc1. The molecule has 0 spiro atoms. The molecule has 0 atom stereocenters. The van der Waals surface area contributed by atoms with E-state index in [9.17, 15) is 5.11 Å². The van der Waals surface area contributed by atoms with Gasteiger partial charge in [0.05, 0.1) is 13.2 Å². The molecule has 1 N–H and O–H groups in total. The Kier molecular flexibility index (Phi) is 5.82. The number of hydrogen-bond acceptors (Lipinski definition) is 2. The minimum atomic E-state index is 0.0824. The number of aryl methyl sites for hydroxylation is 3. The van der Waals surface area contributed by atoms with Crippen molar-refractivity contribution in [3.05, 3.63) is 64.7 Å². The average Bonchev–Trinajstić information content (AvgIpc) is 2.50. The first kappa shape index (κ1) is 15.6. The van der Waals surface area contributed by atoms with Gasteiger partial charge in [0.25, 0.3) is 0 Å². The summed E-state index contributed by atoms with van der Waals surface area (Å²) in [5.74, 6) is 0.965. The highest BCUT2D eigenvalue weighted by Gasteiger charge is 2.06. The second kappa shape index (κ2) is 7.84. The van der Waals surface area contributed by atoms with Gasteiger partial charge in [0.2, 0.25) is 0 Å². The molecule has 0 aliphatic rings.